The molecule has 32 heavy (non-hydrogen) atoms. The Balaban J connectivity index is 1.56. The van der Waals surface area contributed by atoms with Gasteiger partial charge in [0.15, 0.2) is 0 Å². The molecule has 7 nitrogen and oxygen atoms in total. The van der Waals surface area contributed by atoms with Crippen molar-refractivity contribution in [2.75, 3.05) is 39.1 Å². The SMILES string of the molecule is CN(C)CCCOC(=O)Nc1cccc(CC(=O)N2CCC(c3cc(F)ccc3F)=N2)c1. The maximum atomic E-state index is 14.0. The summed E-state index contributed by atoms with van der Waals surface area (Å²) in [5, 5.41) is 8.09. The predicted octanol–water partition coefficient (Wildman–Crippen LogP) is 3.64. The van der Waals surface area contributed by atoms with Gasteiger partial charge in [-0.25, -0.2) is 18.6 Å². The third-order valence-corrected chi connectivity index (χ3v) is 4.84. The molecule has 0 spiro atoms. The zero-order valence-electron chi connectivity index (χ0n) is 18.1. The van der Waals surface area contributed by atoms with E-state index in [2.05, 4.69) is 10.4 Å². The highest BCUT2D eigenvalue weighted by atomic mass is 19.1. The van der Waals surface area contributed by atoms with Gasteiger partial charge in [0.25, 0.3) is 0 Å². The molecule has 9 heteroatoms. The second kappa shape index (κ2) is 10.8. The molecule has 3 rings (SSSR count). The summed E-state index contributed by atoms with van der Waals surface area (Å²) in [6.07, 6.45) is 0.564. The maximum Gasteiger partial charge on any atom is 0.411 e. The lowest BCUT2D eigenvalue weighted by Gasteiger charge is -2.13. The van der Waals surface area contributed by atoms with Gasteiger partial charge < -0.3 is 9.64 Å². The molecule has 0 bridgehead atoms. The molecule has 0 atom stereocenters. The number of carbonyl (C=O) groups excluding carboxylic acids is 2. The number of nitrogens with one attached hydrogen (secondary N) is 1. The Morgan fingerprint density at radius 3 is 2.78 bits per heavy atom. The van der Waals surface area contributed by atoms with Gasteiger partial charge in [0.05, 0.1) is 25.3 Å². The number of hydrogen-bond donors (Lipinski definition) is 1. The van der Waals surface area contributed by atoms with Gasteiger partial charge in [0, 0.05) is 24.2 Å². The van der Waals surface area contributed by atoms with Crippen molar-refractivity contribution < 1.29 is 23.1 Å². The Morgan fingerprint density at radius 1 is 1.19 bits per heavy atom. The summed E-state index contributed by atoms with van der Waals surface area (Å²) in [7, 11) is 3.89. The van der Waals surface area contributed by atoms with E-state index in [1.807, 2.05) is 19.0 Å². The number of amides is 2. The van der Waals surface area contributed by atoms with Crippen LogP contribution in [0.5, 0.6) is 0 Å². The summed E-state index contributed by atoms with van der Waals surface area (Å²) in [6.45, 7) is 1.42. The largest absolute Gasteiger partial charge is 0.449 e. The van der Waals surface area contributed by atoms with E-state index in [0.29, 0.717) is 36.5 Å². The van der Waals surface area contributed by atoms with E-state index in [0.717, 1.165) is 31.2 Å². The molecule has 170 valence electrons. The Hall–Kier alpha value is -3.33. The number of anilines is 1. The molecule has 0 radical (unpaired) electrons. The van der Waals surface area contributed by atoms with Crippen LogP contribution in [-0.4, -0.2) is 61.4 Å². The van der Waals surface area contributed by atoms with Gasteiger partial charge in [-0.05, 0) is 56.4 Å². The third kappa shape index (κ3) is 6.58. The fourth-order valence-corrected chi connectivity index (χ4v) is 3.27. The van der Waals surface area contributed by atoms with Crippen molar-refractivity contribution in [1.29, 1.82) is 0 Å². The minimum atomic E-state index is -0.577. The summed E-state index contributed by atoms with van der Waals surface area (Å²) in [5.41, 5.74) is 1.60. The minimum Gasteiger partial charge on any atom is -0.449 e. The lowest BCUT2D eigenvalue weighted by molar-refractivity contribution is -0.130. The van der Waals surface area contributed by atoms with Crippen LogP contribution in [0.2, 0.25) is 0 Å². The first-order valence-corrected chi connectivity index (χ1v) is 10.3. The van der Waals surface area contributed by atoms with E-state index in [1.165, 1.54) is 5.01 Å². The van der Waals surface area contributed by atoms with Gasteiger partial charge in [0.1, 0.15) is 11.6 Å². The lowest BCUT2D eigenvalue weighted by Crippen LogP contribution is -2.25. The summed E-state index contributed by atoms with van der Waals surface area (Å²) >= 11 is 0. The Bertz CT molecular complexity index is 1010. The zero-order valence-corrected chi connectivity index (χ0v) is 18.1. The van der Waals surface area contributed by atoms with E-state index >= 15 is 0 Å². The van der Waals surface area contributed by atoms with Crippen LogP contribution in [0.15, 0.2) is 47.6 Å². The number of halogens is 2. The normalized spacial score (nSPS) is 13.3. The van der Waals surface area contributed by atoms with Gasteiger partial charge in [-0.2, -0.15) is 5.10 Å². The van der Waals surface area contributed by atoms with Crippen molar-refractivity contribution in [3.8, 4) is 0 Å². The van der Waals surface area contributed by atoms with Gasteiger partial charge in [-0.15, -0.1) is 0 Å². The van der Waals surface area contributed by atoms with E-state index in [9.17, 15) is 18.4 Å². The quantitative estimate of drug-likeness (QED) is 0.631. The molecule has 0 aromatic heterocycles. The second-order valence-electron chi connectivity index (χ2n) is 7.73. The van der Waals surface area contributed by atoms with Crippen LogP contribution in [-0.2, 0) is 16.0 Å². The Kier molecular flexibility index (Phi) is 7.88. The molecular formula is C23H26F2N4O3. The molecule has 1 heterocycles. The smallest absolute Gasteiger partial charge is 0.411 e. The van der Waals surface area contributed by atoms with E-state index in [-0.39, 0.29) is 17.9 Å². The summed E-state index contributed by atoms with van der Waals surface area (Å²) in [6, 6.07) is 10.0. The summed E-state index contributed by atoms with van der Waals surface area (Å²) < 4.78 is 32.6. The van der Waals surface area contributed by atoms with Crippen molar-refractivity contribution in [2.45, 2.75) is 19.3 Å². The van der Waals surface area contributed by atoms with E-state index in [4.69, 9.17) is 4.74 Å². The average molecular weight is 444 g/mol. The number of hydrogen-bond acceptors (Lipinski definition) is 5. The van der Waals surface area contributed by atoms with Gasteiger partial charge in [-0.3, -0.25) is 10.1 Å². The van der Waals surface area contributed by atoms with Crippen molar-refractivity contribution in [3.63, 3.8) is 0 Å². The van der Waals surface area contributed by atoms with Crippen molar-refractivity contribution >= 4 is 23.4 Å². The molecule has 2 amide bonds. The van der Waals surface area contributed by atoms with Crippen LogP contribution in [0.4, 0.5) is 19.3 Å². The van der Waals surface area contributed by atoms with E-state index < -0.39 is 17.7 Å². The molecule has 0 saturated carbocycles. The summed E-state index contributed by atoms with van der Waals surface area (Å²) in [5.74, 6) is -1.42. The number of carbonyl (C=O) groups is 2. The first-order valence-electron chi connectivity index (χ1n) is 10.3. The van der Waals surface area contributed by atoms with Gasteiger partial charge >= 0.3 is 6.09 Å². The highest BCUT2D eigenvalue weighted by molar-refractivity contribution is 6.03. The minimum absolute atomic E-state index is 0.0514. The van der Waals surface area contributed by atoms with Crippen LogP contribution in [0.3, 0.4) is 0 Å². The first kappa shape index (κ1) is 23.3. The fraction of sp³-hybridized carbons (Fsp3) is 0.348. The highest BCUT2D eigenvalue weighted by Crippen LogP contribution is 2.19. The molecule has 1 N–H and O–H groups in total. The molecule has 0 fully saturated rings. The topological polar surface area (TPSA) is 74.2 Å². The molecule has 2 aromatic rings. The van der Waals surface area contributed by atoms with Crippen molar-refractivity contribution in [2.24, 2.45) is 5.10 Å². The van der Waals surface area contributed by atoms with Gasteiger partial charge in [-0.1, -0.05) is 12.1 Å². The second-order valence-corrected chi connectivity index (χ2v) is 7.73. The first-order chi connectivity index (χ1) is 15.3. The highest BCUT2D eigenvalue weighted by Gasteiger charge is 2.23. The number of hydrazone groups is 1. The molecule has 0 aliphatic carbocycles. The fourth-order valence-electron chi connectivity index (χ4n) is 3.27. The van der Waals surface area contributed by atoms with Crippen molar-refractivity contribution in [3.05, 3.63) is 65.2 Å². The number of ether oxygens (including phenoxy) is 1. The lowest BCUT2D eigenvalue weighted by atomic mass is 10.1. The molecule has 0 unspecified atom stereocenters. The molecule has 0 saturated heterocycles. The third-order valence-electron chi connectivity index (χ3n) is 4.84. The van der Waals surface area contributed by atoms with Gasteiger partial charge in [0.2, 0.25) is 5.91 Å². The Morgan fingerprint density at radius 2 is 2.00 bits per heavy atom. The van der Waals surface area contributed by atoms with Crippen molar-refractivity contribution in [1.82, 2.24) is 9.91 Å². The number of benzene rings is 2. The standard InChI is InChI=1S/C23H26F2N4O3/c1-28(2)10-4-12-32-23(31)26-18-6-3-5-16(13-18)14-22(30)29-11-9-21(27-29)19-15-17(24)7-8-20(19)25/h3,5-8,13,15H,4,9-12,14H2,1-2H3,(H,26,31). The molecule has 1 aliphatic heterocycles. The Labute approximate surface area is 185 Å². The van der Waals surface area contributed by atoms with Crippen LogP contribution in [0, 0.1) is 11.6 Å². The monoisotopic (exact) mass is 444 g/mol. The maximum absolute atomic E-state index is 14.0. The van der Waals surface area contributed by atoms with Crippen LogP contribution < -0.4 is 5.32 Å². The molecule has 1 aliphatic rings. The summed E-state index contributed by atoms with van der Waals surface area (Å²) in [4.78, 5) is 26.6. The molecule has 2 aromatic carbocycles. The van der Waals surface area contributed by atoms with Crippen LogP contribution >= 0.6 is 0 Å². The number of rotatable bonds is 8. The average Bonchev–Trinajstić information content (AvgIpc) is 3.23. The van der Waals surface area contributed by atoms with Crippen LogP contribution in [0.25, 0.3) is 0 Å². The van der Waals surface area contributed by atoms with E-state index in [1.54, 1.807) is 24.3 Å². The molecular weight excluding hydrogens is 418 g/mol. The van der Waals surface area contributed by atoms with Crippen LogP contribution in [0.1, 0.15) is 24.0 Å². The predicted molar refractivity (Wildman–Crippen MR) is 118 cm³/mol. The number of nitrogens with zero attached hydrogens (tertiary/aromatic N) is 3. The zero-order chi connectivity index (χ0) is 23.1.